The number of carbonyl (C=O) groups excluding carboxylic acids is 3. The van der Waals surface area contributed by atoms with Gasteiger partial charge in [-0.3, -0.25) is 14.4 Å². The number of amides is 1. The summed E-state index contributed by atoms with van der Waals surface area (Å²) in [5.41, 5.74) is -0.498. The number of esters is 1. The summed E-state index contributed by atoms with van der Waals surface area (Å²) in [6.07, 6.45) is 4.78. The van der Waals surface area contributed by atoms with Gasteiger partial charge in [-0.05, 0) is 49.4 Å². The fourth-order valence-electron chi connectivity index (χ4n) is 7.43. The number of ketones is 1. The molecular formula is C23H31NO5. The Morgan fingerprint density at radius 2 is 1.97 bits per heavy atom. The van der Waals surface area contributed by atoms with Gasteiger partial charge in [-0.2, -0.15) is 0 Å². The average molecular weight is 402 g/mol. The van der Waals surface area contributed by atoms with E-state index in [9.17, 15) is 19.5 Å². The van der Waals surface area contributed by atoms with Crippen LogP contribution in [0.15, 0.2) is 11.6 Å². The fourth-order valence-corrected chi connectivity index (χ4v) is 7.43. The van der Waals surface area contributed by atoms with E-state index in [2.05, 4.69) is 33.8 Å². The van der Waals surface area contributed by atoms with Crippen LogP contribution in [0.1, 0.15) is 53.4 Å². The minimum Gasteiger partial charge on any atom is -0.455 e. The molecule has 0 bridgehead atoms. The number of carbonyl (C=O) groups is 3. The van der Waals surface area contributed by atoms with Crippen LogP contribution in [-0.4, -0.2) is 46.0 Å². The second-order valence-electron chi connectivity index (χ2n) is 10.6. The molecule has 6 nitrogen and oxygen atoms in total. The van der Waals surface area contributed by atoms with E-state index in [0.29, 0.717) is 18.9 Å². The lowest BCUT2D eigenvalue weighted by atomic mass is 9.52. The normalized spacial score (nSPS) is 50.9. The number of hydrogen-bond acceptors (Lipinski definition) is 5. The van der Waals surface area contributed by atoms with Crippen molar-refractivity contribution in [3.8, 4) is 0 Å². The summed E-state index contributed by atoms with van der Waals surface area (Å²) in [6.45, 7) is 8.98. The Kier molecular flexibility index (Phi) is 3.94. The lowest BCUT2D eigenvalue weighted by Crippen LogP contribution is -2.50. The highest BCUT2D eigenvalue weighted by molar-refractivity contribution is 6.07. The van der Waals surface area contributed by atoms with Crippen molar-refractivity contribution < 1.29 is 24.2 Å². The van der Waals surface area contributed by atoms with Crippen molar-refractivity contribution in [1.29, 1.82) is 0 Å². The molecule has 1 saturated carbocycles. The highest BCUT2D eigenvalue weighted by Crippen LogP contribution is 2.57. The molecule has 1 amide bonds. The first-order valence-electron chi connectivity index (χ1n) is 11.1. The van der Waals surface area contributed by atoms with Gasteiger partial charge in [0, 0.05) is 12.5 Å². The van der Waals surface area contributed by atoms with Crippen molar-refractivity contribution in [3.63, 3.8) is 0 Å². The summed E-state index contributed by atoms with van der Waals surface area (Å²) in [4.78, 5) is 40.8. The molecule has 3 heterocycles. The van der Waals surface area contributed by atoms with Gasteiger partial charge >= 0.3 is 5.97 Å². The number of nitrogens with zero attached hydrogens (tertiary/aromatic N) is 1. The summed E-state index contributed by atoms with van der Waals surface area (Å²) >= 11 is 0. The van der Waals surface area contributed by atoms with Crippen LogP contribution in [0.4, 0.5) is 0 Å². The second-order valence-corrected chi connectivity index (χ2v) is 10.6. The largest absolute Gasteiger partial charge is 0.455 e. The maximum atomic E-state index is 13.9. The first-order valence-corrected chi connectivity index (χ1v) is 11.1. The maximum absolute atomic E-state index is 13.9. The molecule has 9 atom stereocenters. The SMILES string of the molecule is CC1=C[C@@]2(C)C[C@H](C)CC[C@H]2[C@@H](C(=O)[C@H]2C(=O)N3CC[C@H]4C(=O)O[C@@H]2[C@]43O)[C@H]1C. The Hall–Kier alpha value is -1.69. The van der Waals surface area contributed by atoms with Gasteiger partial charge in [-0.25, -0.2) is 0 Å². The number of Topliss-reactive ketones (excluding diaryl/α,β-unsaturated/α-hetero) is 1. The molecule has 2 aliphatic carbocycles. The molecule has 3 saturated heterocycles. The van der Waals surface area contributed by atoms with E-state index in [-0.39, 0.29) is 34.9 Å². The molecule has 0 radical (unpaired) electrons. The van der Waals surface area contributed by atoms with Crippen LogP contribution in [0, 0.1) is 40.9 Å². The molecule has 158 valence electrons. The minimum atomic E-state index is -1.64. The zero-order valence-corrected chi connectivity index (χ0v) is 17.7. The Morgan fingerprint density at radius 1 is 1.24 bits per heavy atom. The Bertz CT molecular complexity index is 835. The predicted molar refractivity (Wildman–Crippen MR) is 104 cm³/mol. The molecule has 0 spiro atoms. The minimum absolute atomic E-state index is 0.0415. The van der Waals surface area contributed by atoms with Crippen LogP contribution in [-0.2, 0) is 19.1 Å². The number of ether oxygens (including phenoxy) is 1. The maximum Gasteiger partial charge on any atom is 0.314 e. The van der Waals surface area contributed by atoms with Crippen molar-refractivity contribution in [2.75, 3.05) is 6.54 Å². The number of aliphatic hydroxyl groups is 1. The molecule has 0 unspecified atom stereocenters. The Labute approximate surface area is 171 Å². The smallest absolute Gasteiger partial charge is 0.314 e. The highest BCUT2D eigenvalue weighted by Gasteiger charge is 2.74. The molecule has 5 rings (SSSR count). The zero-order valence-electron chi connectivity index (χ0n) is 17.7. The van der Waals surface area contributed by atoms with Crippen LogP contribution in [0.5, 0.6) is 0 Å². The molecule has 4 fully saturated rings. The summed E-state index contributed by atoms with van der Waals surface area (Å²) in [5, 5.41) is 11.2. The standard InChI is InChI=1S/C23H31NO5/c1-11-5-6-14-16(13(3)12(2)10-22(14,4)9-11)18(25)17-19-23(28)15(21(27)29-19)7-8-24(23)20(17)26/h10-11,13-17,19,28H,5-9H2,1-4H3/t11-,13+,14+,15+,16+,17-,19+,22-,23-/m1/s1. The van der Waals surface area contributed by atoms with Crippen LogP contribution >= 0.6 is 0 Å². The summed E-state index contributed by atoms with van der Waals surface area (Å²) in [6, 6.07) is 0. The van der Waals surface area contributed by atoms with E-state index in [1.54, 1.807) is 0 Å². The number of hydrogen-bond donors (Lipinski definition) is 1. The van der Waals surface area contributed by atoms with Gasteiger partial charge in [0.2, 0.25) is 5.91 Å². The molecule has 3 aliphatic heterocycles. The molecule has 0 aromatic carbocycles. The Balaban J connectivity index is 1.53. The van der Waals surface area contributed by atoms with Crippen molar-refractivity contribution in [3.05, 3.63) is 11.6 Å². The number of fused-ring (bicyclic) bond motifs is 1. The van der Waals surface area contributed by atoms with Gasteiger partial charge in [0.05, 0.1) is 0 Å². The van der Waals surface area contributed by atoms with Gasteiger partial charge in [0.15, 0.2) is 17.6 Å². The van der Waals surface area contributed by atoms with Crippen LogP contribution in [0.3, 0.4) is 0 Å². The number of rotatable bonds is 2. The summed E-state index contributed by atoms with van der Waals surface area (Å²) < 4.78 is 5.47. The van der Waals surface area contributed by atoms with E-state index in [1.807, 2.05) is 0 Å². The van der Waals surface area contributed by atoms with Gasteiger partial charge in [0.1, 0.15) is 11.8 Å². The molecule has 5 aliphatic rings. The second kappa shape index (κ2) is 5.93. The van der Waals surface area contributed by atoms with E-state index in [0.717, 1.165) is 19.3 Å². The average Bonchev–Trinajstić information content (AvgIpc) is 3.18. The first-order chi connectivity index (χ1) is 13.6. The summed E-state index contributed by atoms with van der Waals surface area (Å²) in [5.74, 6) is -2.22. The number of allylic oxidation sites excluding steroid dienone is 2. The van der Waals surface area contributed by atoms with Crippen molar-refractivity contribution in [2.45, 2.75) is 65.2 Å². The topological polar surface area (TPSA) is 83.9 Å². The molecule has 0 aromatic heterocycles. The van der Waals surface area contributed by atoms with E-state index in [1.165, 1.54) is 10.5 Å². The van der Waals surface area contributed by atoms with Gasteiger partial charge < -0.3 is 14.7 Å². The lowest BCUT2D eigenvalue weighted by molar-refractivity contribution is -0.151. The third kappa shape index (κ3) is 2.30. The highest BCUT2D eigenvalue weighted by atomic mass is 16.6. The van der Waals surface area contributed by atoms with Gasteiger partial charge in [-0.1, -0.05) is 38.8 Å². The fraction of sp³-hybridized carbons (Fsp3) is 0.783. The monoisotopic (exact) mass is 401 g/mol. The van der Waals surface area contributed by atoms with E-state index >= 15 is 0 Å². The van der Waals surface area contributed by atoms with Crippen molar-refractivity contribution >= 4 is 17.7 Å². The van der Waals surface area contributed by atoms with Gasteiger partial charge in [-0.15, -0.1) is 0 Å². The zero-order chi connectivity index (χ0) is 20.9. The third-order valence-corrected chi connectivity index (χ3v) is 8.86. The molecular weight excluding hydrogens is 370 g/mol. The Morgan fingerprint density at radius 3 is 2.69 bits per heavy atom. The molecule has 29 heavy (non-hydrogen) atoms. The van der Waals surface area contributed by atoms with E-state index < -0.39 is 29.6 Å². The molecule has 6 heteroatoms. The third-order valence-electron chi connectivity index (χ3n) is 8.86. The van der Waals surface area contributed by atoms with Crippen LogP contribution in [0.25, 0.3) is 0 Å². The van der Waals surface area contributed by atoms with E-state index in [4.69, 9.17) is 4.74 Å². The molecule has 1 N–H and O–H groups in total. The predicted octanol–water partition coefficient (Wildman–Crippen LogP) is 2.30. The summed E-state index contributed by atoms with van der Waals surface area (Å²) in [7, 11) is 0. The quantitative estimate of drug-likeness (QED) is 0.436. The van der Waals surface area contributed by atoms with Crippen LogP contribution < -0.4 is 0 Å². The van der Waals surface area contributed by atoms with Crippen molar-refractivity contribution in [2.24, 2.45) is 40.9 Å². The van der Waals surface area contributed by atoms with Crippen molar-refractivity contribution in [1.82, 2.24) is 4.90 Å². The van der Waals surface area contributed by atoms with Crippen LogP contribution in [0.2, 0.25) is 0 Å². The lowest BCUT2D eigenvalue weighted by Gasteiger charge is -2.51. The van der Waals surface area contributed by atoms with Gasteiger partial charge in [0.25, 0.3) is 0 Å². The molecule has 0 aromatic rings. The first kappa shape index (κ1) is 19.3.